The highest BCUT2D eigenvalue weighted by atomic mass is 127. The Hall–Kier alpha value is -0.500. The Kier molecular flexibility index (Phi) is 4.65. The zero-order valence-electron chi connectivity index (χ0n) is 7.57. The molecule has 0 saturated carbocycles. The fourth-order valence-corrected chi connectivity index (χ4v) is 2.05. The van der Waals surface area contributed by atoms with E-state index in [1.54, 1.807) is 12.1 Å². The fourth-order valence-electron chi connectivity index (χ4n) is 1.10. The van der Waals surface area contributed by atoms with Gasteiger partial charge < -0.3 is 0 Å². The molecule has 0 fully saturated rings. The van der Waals surface area contributed by atoms with Gasteiger partial charge in [-0.25, -0.2) is 0 Å². The molecule has 6 heteroatoms. The van der Waals surface area contributed by atoms with E-state index < -0.39 is 4.92 Å². The van der Waals surface area contributed by atoms with Crippen LogP contribution in [0.25, 0.3) is 0 Å². The summed E-state index contributed by atoms with van der Waals surface area (Å²) in [6.07, 6.45) is 0.227. The van der Waals surface area contributed by atoms with Crippen molar-refractivity contribution in [3.63, 3.8) is 0 Å². The van der Waals surface area contributed by atoms with Crippen LogP contribution in [0, 0.1) is 13.7 Å². The molecule has 1 rings (SSSR count). The summed E-state index contributed by atoms with van der Waals surface area (Å²) >= 11 is 4.96. The van der Waals surface area contributed by atoms with E-state index in [9.17, 15) is 14.9 Å². The van der Waals surface area contributed by atoms with Crippen LogP contribution in [0.5, 0.6) is 0 Å². The summed E-state index contributed by atoms with van der Waals surface area (Å²) < 4.78 is 0.536. The van der Waals surface area contributed by atoms with Gasteiger partial charge in [-0.05, 0) is 28.2 Å². The molecule has 0 heterocycles. The molecule has 15 heavy (non-hydrogen) atoms. The van der Waals surface area contributed by atoms with Crippen molar-refractivity contribution >= 4 is 50.0 Å². The summed E-state index contributed by atoms with van der Waals surface area (Å²) in [5.41, 5.74) is 0.754. The molecule has 0 amide bonds. The lowest BCUT2D eigenvalue weighted by molar-refractivity contribution is -0.385. The van der Waals surface area contributed by atoms with Crippen LogP contribution in [-0.2, 0) is 11.2 Å². The molecule has 0 bridgehead atoms. The van der Waals surface area contributed by atoms with Gasteiger partial charge in [0.1, 0.15) is 5.78 Å². The zero-order chi connectivity index (χ0) is 11.4. The lowest BCUT2D eigenvalue weighted by Gasteiger charge is -2.02. The van der Waals surface area contributed by atoms with Crippen LogP contribution in [0.1, 0.15) is 5.56 Å². The number of nitro groups is 1. The van der Waals surface area contributed by atoms with Crippen molar-refractivity contribution in [1.29, 1.82) is 0 Å². The standard InChI is InChI=1S/C9H7BrINO3/c10-5-7(13)4-6-2-1-3-8(9(6)11)12(14)15/h1-3H,4-5H2. The third-order valence-corrected chi connectivity index (χ3v) is 3.66. The Labute approximate surface area is 108 Å². The molecule has 0 spiro atoms. The average Bonchev–Trinajstić information content (AvgIpc) is 2.20. The van der Waals surface area contributed by atoms with E-state index in [1.807, 2.05) is 22.6 Å². The molecule has 1 aromatic rings. The SMILES string of the molecule is O=C(CBr)Cc1cccc([N+](=O)[O-])c1I. The first kappa shape index (κ1) is 12.6. The highest BCUT2D eigenvalue weighted by Gasteiger charge is 2.15. The molecule has 0 atom stereocenters. The van der Waals surface area contributed by atoms with Crippen molar-refractivity contribution in [2.75, 3.05) is 5.33 Å². The molecular weight excluding hydrogens is 377 g/mol. The summed E-state index contributed by atoms with van der Waals surface area (Å²) in [5, 5.41) is 10.9. The lowest BCUT2D eigenvalue weighted by atomic mass is 10.1. The summed E-state index contributed by atoms with van der Waals surface area (Å²) in [7, 11) is 0. The first-order chi connectivity index (χ1) is 7.06. The number of hydrogen-bond donors (Lipinski definition) is 0. The van der Waals surface area contributed by atoms with Gasteiger partial charge in [-0.3, -0.25) is 14.9 Å². The molecular formula is C9H7BrINO3. The second-order valence-corrected chi connectivity index (χ2v) is 4.50. The van der Waals surface area contributed by atoms with E-state index in [4.69, 9.17) is 0 Å². The van der Waals surface area contributed by atoms with Crippen molar-refractivity contribution in [2.24, 2.45) is 0 Å². The van der Waals surface area contributed by atoms with Crippen LogP contribution < -0.4 is 0 Å². The van der Waals surface area contributed by atoms with Crippen LogP contribution in [0.4, 0.5) is 5.69 Å². The minimum Gasteiger partial charge on any atom is -0.298 e. The molecule has 0 saturated heterocycles. The number of ketones is 1. The number of rotatable bonds is 4. The van der Waals surface area contributed by atoms with Gasteiger partial charge >= 0.3 is 0 Å². The molecule has 0 N–H and O–H groups in total. The second kappa shape index (κ2) is 5.55. The molecule has 0 aliphatic carbocycles. The van der Waals surface area contributed by atoms with Crippen LogP contribution in [0.2, 0.25) is 0 Å². The Balaban J connectivity index is 3.04. The van der Waals surface area contributed by atoms with Gasteiger partial charge in [-0.2, -0.15) is 0 Å². The van der Waals surface area contributed by atoms with E-state index in [1.165, 1.54) is 6.07 Å². The summed E-state index contributed by atoms with van der Waals surface area (Å²) in [6, 6.07) is 4.76. The lowest BCUT2D eigenvalue weighted by Crippen LogP contribution is -2.06. The number of nitro benzene ring substituents is 1. The Morgan fingerprint density at radius 2 is 2.20 bits per heavy atom. The van der Waals surface area contributed by atoms with Crippen molar-refractivity contribution in [3.05, 3.63) is 37.4 Å². The zero-order valence-corrected chi connectivity index (χ0v) is 11.3. The number of Topliss-reactive ketones (excluding diaryl/α,β-unsaturated/α-hetero) is 1. The maximum Gasteiger partial charge on any atom is 0.282 e. The molecule has 0 aliphatic heterocycles. The summed E-state index contributed by atoms with van der Waals surface area (Å²) in [6.45, 7) is 0. The van der Waals surface area contributed by atoms with E-state index in [-0.39, 0.29) is 23.2 Å². The highest BCUT2D eigenvalue weighted by molar-refractivity contribution is 14.1. The summed E-state index contributed by atoms with van der Waals surface area (Å²) in [5.74, 6) is 0.00779. The van der Waals surface area contributed by atoms with Crippen LogP contribution in [-0.4, -0.2) is 16.0 Å². The molecule has 1 aromatic carbocycles. The molecule has 0 aliphatic rings. The van der Waals surface area contributed by atoms with Gasteiger partial charge in [-0.1, -0.05) is 28.1 Å². The molecule has 0 unspecified atom stereocenters. The van der Waals surface area contributed by atoms with E-state index in [2.05, 4.69) is 15.9 Å². The number of alkyl halides is 1. The highest BCUT2D eigenvalue weighted by Crippen LogP contribution is 2.24. The molecule has 4 nitrogen and oxygen atoms in total. The Morgan fingerprint density at radius 3 is 2.73 bits per heavy atom. The van der Waals surface area contributed by atoms with Gasteiger partial charge in [-0.15, -0.1) is 0 Å². The van der Waals surface area contributed by atoms with Gasteiger partial charge in [0.05, 0.1) is 13.8 Å². The van der Waals surface area contributed by atoms with Crippen LogP contribution in [0.15, 0.2) is 18.2 Å². The third-order valence-electron chi connectivity index (χ3n) is 1.79. The quantitative estimate of drug-likeness (QED) is 0.347. The number of carbonyl (C=O) groups is 1. The van der Waals surface area contributed by atoms with Crippen LogP contribution in [0.3, 0.4) is 0 Å². The smallest absolute Gasteiger partial charge is 0.282 e. The first-order valence-corrected chi connectivity index (χ1v) is 6.25. The number of nitrogens with zero attached hydrogens (tertiary/aromatic N) is 1. The van der Waals surface area contributed by atoms with Crippen molar-refractivity contribution in [2.45, 2.75) is 6.42 Å². The van der Waals surface area contributed by atoms with Crippen molar-refractivity contribution in [3.8, 4) is 0 Å². The Morgan fingerprint density at radius 1 is 1.53 bits per heavy atom. The number of hydrogen-bond acceptors (Lipinski definition) is 3. The molecule has 0 radical (unpaired) electrons. The maximum absolute atomic E-state index is 11.2. The van der Waals surface area contributed by atoms with Crippen molar-refractivity contribution in [1.82, 2.24) is 0 Å². The third kappa shape index (κ3) is 3.23. The predicted molar refractivity (Wildman–Crippen MR) is 68.3 cm³/mol. The first-order valence-electron chi connectivity index (χ1n) is 4.05. The topological polar surface area (TPSA) is 60.2 Å². The average molecular weight is 384 g/mol. The monoisotopic (exact) mass is 383 g/mol. The van der Waals surface area contributed by atoms with E-state index >= 15 is 0 Å². The molecule has 0 aromatic heterocycles. The fraction of sp³-hybridized carbons (Fsp3) is 0.222. The largest absolute Gasteiger partial charge is 0.298 e. The van der Waals surface area contributed by atoms with Crippen LogP contribution >= 0.6 is 38.5 Å². The van der Waals surface area contributed by atoms with E-state index in [0.717, 1.165) is 0 Å². The number of benzene rings is 1. The summed E-state index contributed by atoms with van der Waals surface area (Å²) in [4.78, 5) is 21.4. The van der Waals surface area contributed by atoms with Gasteiger partial charge in [0.2, 0.25) is 0 Å². The van der Waals surface area contributed by atoms with E-state index in [0.29, 0.717) is 9.13 Å². The van der Waals surface area contributed by atoms with Gasteiger partial charge in [0.15, 0.2) is 0 Å². The minimum absolute atomic E-state index is 0.00779. The van der Waals surface area contributed by atoms with Gasteiger partial charge in [0, 0.05) is 12.5 Å². The number of carbonyl (C=O) groups excluding carboxylic acids is 1. The minimum atomic E-state index is -0.441. The normalized spacial score (nSPS) is 10.0. The van der Waals surface area contributed by atoms with Gasteiger partial charge in [0.25, 0.3) is 5.69 Å². The second-order valence-electron chi connectivity index (χ2n) is 2.86. The maximum atomic E-state index is 11.2. The van der Waals surface area contributed by atoms with Crippen molar-refractivity contribution < 1.29 is 9.72 Å². The predicted octanol–water partition coefficient (Wildman–Crippen LogP) is 2.71. The Bertz CT molecular complexity index is 408. The number of halogens is 2. The molecule has 80 valence electrons.